The number of carbonyl (C=O) groups excluding carboxylic acids is 1. The fourth-order valence-corrected chi connectivity index (χ4v) is 1.40. The lowest BCUT2D eigenvalue weighted by Gasteiger charge is -1.98. The molecule has 0 aliphatic rings. The summed E-state index contributed by atoms with van der Waals surface area (Å²) in [5, 5.41) is 2.38. The summed E-state index contributed by atoms with van der Waals surface area (Å²) in [6.07, 6.45) is 15.6. The van der Waals surface area contributed by atoms with Gasteiger partial charge in [-0.15, -0.1) is 0 Å². The summed E-state index contributed by atoms with van der Waals surface area (Å²) in [5.74, 6) is 0. The van der Waals surface area contributed by atoms with Crippen LogP contribution in [0.15, 0.2) is 12.3 Å². The van der Waals surface area contributed by atoms with E-state index in [9.17, 15) is 4.79 Å². The van der Waals surface area contributed by atoms with Crippen molar-refractivity contribution < 1.29 is 4.79 Å². The first kappa shape index (κ1) is 13.2. The molecule has 2 heteroatoms. The van der Waals surface area contributed by atoms with Crippen LogP contribution in [-0.2, 0) is 4.79 Å². The number of unbranched alkanes of at least 4 members (excludes halogenated alkanes) is 7. The largest absolute Gasteiger partial charge is 0.325 e. The van der Waals surface area contributed by atoms with Gasteiger partial charge in [-0.3, -0.25) is 4.79 Å². The van der Waals surface area contributed by atoms with Crippen molar-refractivity contribution in [1.29, 1.82) is 0 Å². The molecule has 1 radical (unpaired) electrons. The monoisotopic (exact) mass is 196 g/mol. The number of hydrogen-bond acceptors (Lipinski definition) is 1. The predicted octanol–water partition coefficient (Wildman–Crippen LogP) is 3.30. The molecule has 0 unspecified atom stereocenters. The van der Waals surface area contributed by atoms with Crippen LogP contribution in [0.4, 0.5) is 0 Å². The first-order valence-corrected chi connectivity index (χ1v) is 5.69. The number of amides is 1. The Bertz CT molecular complexity index is 143. The van der Waals surface area contributed by atoms with Gasteiger partial charge in [0.1, 0.15) is 0 Å². The highest BCUT2D eigenvalue weighted by molar-refractivity contribution is 5.48. The molecular formula is C12H22NO. The standard InChI is InChI=1S/C12H22NO/c1-2-3-4-5-6-7-8-9-10-11-13-12-14/h10-11H,2-9H2,1H3,(H,13,14)/b11-10+. The average molecular weight is 196 g/mol. The molecule has 0 bridgehead atoms. The van der Waals surface area contributed by atoms with Crippen LogP contribution < -0.4 is 5.32 Å². The second-order valence-corrected chi connectivity index (χ2v) is 3.56. The predicted molar refractivity (Wildman–Crippen MR) is 60.6 cm³/mol. The normalized spacial score (nSPS) is 10.6. The lowest BCUT2D eigenvalue weighted by Crippen LogP contribution is -1.97. The summed E-state index contributed by atoms with van der Waals surface area (Å²) in [6.45, 7) is 2.24. The van der Waals surface area contributed by atoms with Crippen molar-refractivity contribution in [2.75, 3.05) is 0 Å². The quantitative estimate of drug-likeness (QED) is 0.421. The number of allylic oxidation sites excluding steroid dienone is 1. The van der Waals surface area contributed by atoms with Crippen LogP contribution in [0.3, 0.4) is 0 Å². The van der Waals surface area contributed by atoms with Crippen LogP contribution in [0.1, 0.15) is 58.3 Å². The molecule has 14 heavy (non-hydrogen) atoms. The van der Waals surface area contributed by atoms with Gasteiger partial charge in [0.15, 0.2) is 0 Å². The van der Waals surface area contributed by atoms with E-state index >= 15 is 0 Å². The molecule has 0 rings (SSSR count). The number of nitrogens with one attached hydrogen (secondary N) is 1. The summed E-state index contributed by atoms with van der Waals surface area (Å²) in [7, 11) is 0. The van der Waals surface area contributed by atoms with Crippen LogP contribution in [0.5, 0.6) is 0 Å². The van der Waals surface area contributed by atoms with E-state index in [1.165, 1.54) is 44.9 Å². The van der Waals surface area contributed by atoms with Crippen LogP contribution in [0.2, 0.25) is 0 Å². The summed E-state index contributed by atoms with van der Waals surface area (Å²) in [6, 6.07) is 0. The topological polar surface area (TPSA) is 29.1 Å². The molecule has 0 spiro atoms. The molecule has 81 valence electrons. The second kappa shape index (κ2) is 12.2. The Morgan fingerprint density at radius 3 is 2.36 bits per heavy atom. The highest BCUT2D eigenvalue weighted by Crippen LogP contribution is 2.08. The van der Waals surface area contributed by atoms with E-state index in [4.69, 9.17) is 0 Å². The van der Waals surface area contributed by atoms with Crippen LogP contribution in [-0.4, -0.2) is 6.41 Å². The van der Waals surface area contributed by atoms with E-state index in [1.807, 2.05) is 6.08 Å². The van der Waals surface area contributed by atoms with Crippen molar-refractivity contribution in [2.45, 2.75) is 58.3 Å². The first-order valence-electron chi connectivity index (χ1n) is 5.69. The zero-order valence-corrected chi connectivity index (χ0v) is 9.22. The fraction of sp³-hybridized carbons (Fsp3) is 0.750. The van der Waals surface area contributed by atoms with E-state index in [2.05, 4.69) is 12.2 Å². The van der Waals surface area contributed by atoms with Crippen LogP contribution in [0, 0.1) is 0 Å². The van der Waals surface area contributed by atoms with Crippen LogP contribution in [0.25, 0.3) is 0 Å². The van der Waals surface area contributed by atoms with E-state index in [1.54, 1.807) is 12.6 Å². The van der Waals surface area contributed by atoms with Gasteiger partial charge in [-0.2, -0.15) is 0 Å². The molecule has 0 aliphatic carbocycles. The molecule has 0 fully saturated rings. The highest BCUT2D eigenvalue weighted by Gasteiger charge is 1.88. The van der Waals surface area contributed by atoms with E-state index < -0.39 is 0 Å². The molecule has 0 atom stereocenters. The van der Waals surface area contributed by atoms with Gasteiger partial charge in [-0.05, 0) is 12.8 Å². The van der Waals surface area contributed by atoms with Gasteiger partial charge in [0.05, 0.1) is 0 Å². The van der Waals surface area contributed by atoms with Crippen molar-refractivity contribution in [1.82, 2.24) is 5.32 Å². The molecule has 0 aromatic heterocycles. The number of hydrogen-bond donors (Lipinski definition) is 1. The molecule has 0 aromatic rings. The van der Waals surface area contributed by atoms with Gasteiger partial charge >= 0.3 is 6.41 Å². The summed E-state index contributed by atoms with van der Waals surface area (Å²) < 4.78 is 0. The lowest BCUT2D eigenvalue weighted by atomic mass is 10.1. The molecule has 1 amide bonds. The fourth-order valence-electron chi connectivity index (χ4n) is 1.40. The Hall–Kier alpha value is -0.790. The minimum atomic E-state index is 1.06. The maximum absolute atomic E-state index is 9.75. The van der Waals surface area contributed by atoms with Crippen LogP contribution >= 0.6 is 0 Å². The molecule has 0 aromatic carbocycles. The summed E-state index contributed by atoms with van der Waals surface area (Å²) >= 11 is 0. The Labute approximate surface area is 87.8 Å². The van der Waals surface area contributed by atoms with Crippen molar-refractivity contribution in [3.63, 3.8) is 0 Å². The van der Waals surface area contributed by atoms with Crippen molar-refractivity contribution in [2.24, 2.45) is 0 Å². The van der Waals surface area contributed by atoms with Gasteiger partial charge in [0.25, 0.3) is 0 Å². The maximum atomic E-state index is 9.75. The molecule has 2 nitrogen and oxygen atoms in total. The van der Waals surface area contributed by atoms with Crippen molar-refractivity contribution in [3.05, 3.63) is 12.3 Å². The number of rotatable bonds is 10. The smallest absolute Gasteiger partial charge is 0.313 e. The SMILES string of the molecule is CCCCCCCCC/C=C/N[C]=O. The zero-order chi connectivity index (χ0) is 10.5. The lowest BCUT2D eigenvalue weighted by molar-refractivity contribution is 0.550. The summed E-state index contributed by atoms with van der Waals surface area (Å²) in [4.78, 5) is 9.75. The zero-order valence-electron chi connectivity index (χ0n) is 9.22. The minimum Gasteiger partial charge on any atom is -0.325 e. The Balaban J connectivity index is 2.95. The van der Waals surface area contributed by atoms with Crippen molar-refractivity contribution in [3.8, 4) is 0 Å². The Kier molecular flexibility index (Phi) is 11.5. The summed E-state index contributed by atoms with van der Waals surface area (Å²) in [5.41, 5.74) is 0. The average Bonchev–Trinajstić information content (AvgIpc) is 2.21. The van der Waals surface area contributed by atoms with Gasteiger partial charge in [-0.25, -0.2) is 0 Å². The van der Waals surface area contributed by atoms with E-state index in [0.29, 0.717) is 0 Å². The third-order valence-corrected chi connectivity index (χ3v) is 2.23. The van der Waals surface area contributed by atoms with Gasteiger partial charge in [0.2, 0.25) is 0 Å². The minimum absolute atomic E-state index is 1.06. The third-order valence-electron chi connectivity index (χ3n) is 2.23. The van der Waals surface area contributed by atoms with Gasteiger partial charge in [-0.1, -0.05) is 51.5 Å². The first-order chi connectivity index (χ1) is 6.91. The molecular weight excluding hydrogens is 174 g/mol. The van der Waals surface area contributed by atoms with Gasteiger partial charge < -0.3 is 5.32 Å². The van der Waals surface area contributed by atoms with Crippen molar-refractivity contribution >= 4 is 6.41 Å². The van der Waals surface area contributed by atoms with E-state index in [-0.39, 0.29) is 0 Å². The Morgan fingerprint density at radius 1 is 1.07 bits per heavy atom. The molecule has 0 saturated heterocycles. The highest BCUT2D eigenvalue weighted by atomic mass is 16.1. The molecule has 0 heterocycles. The Morgan fingerprint density at radius 2 is 1.71 bits per heavy atom. The second-order valence-electron chi connectivity index (χ2n) is 3.56. The molecule has 0 aliphatic heterocycles. The molecule has 1 N–H and O–H groups in total. The third kappa shape index (κ3) is 11.2. The maximum Gasteiger partial charge on any atom is 0.313 e. The van der Waals surface area contributed by atoms with E-state index in [0.717, 1.165) is 6.42 Å². The van der Waals surface area contributed by atoms with Gasteiger partial charge in [0, 0.05) is 6.20 Å². The molecule has 0 saturated carbocycles.